The first-order chi connectivity index (χ1) is 19.6. The molecule has 40 heavy (non-hydrogen) atoms. The van der Waals surface area contributed by atoms with Crippen molar-refractivity contribution in [3.63, 3.8) is 0 Å². The number of carbonyl (C=O) groups is 1. The van der Waals surface area contributed by atoms with Gasteiger partial charge in [0.05, 0.1) is 37.3 Å². The molecule has 1 amide bonds. The number of methoxy groups -OCH3 is 1. The molecule has 3 aromatic carbocycles. The molecule has 0 atom stereocenters. The standard InChI is InChI=1S/C32H31N3O4S/c1-37-28-19-26-24(9-11-34-27(26)20-29(28)39-15-4-12-35-13-16-38-17-14-35)30-22-6-3-2-5-21(22)7-8-23(30)25-10-18-40-31(25)32(33)36/h2-3,5-11,18-20H,4,12-17H2,1H3,(H2,33,36). The minimum atomic E-state index is -0.430. The van der Waals surface area contributed by atoms with Crippen LogP contribution in [0.3, 0.4) is 0 Å². The third-order valence-corrected chi connectivity index (χ3v) is 8.31. The second kappa shape index (κ2) is 11.6. The number of pyridine rings is 1. The smallest absolute Gasteiger partial charge is 0.259 e. The number of hydrogen-bond donors (Lipinski definition) is 1. The van der Waals surface area contributed by atoms with Crippen molar-refractivity contribution in [1.82, 2.24) is 9.88 Å². The van der Waals surface area contributed by atoms with Gasteiger partial charge >= 0.3 is 0 Å². The molecule has 2 N–H and O–H groups in total. The molecule has 1 saturated heterocycles. The number of hydrogen-bond acceptors (Lipinski definition) is 7. The zero-order chi connectivity index (χ0) is 27.5. The normalized spacial score (nSPS) is 14.0. The number of ether oxygens (including phenoxy) is 3. The van der Waals surface area contributed by atoms with E-state index in [9.17, 15) is 4.79 Å². The van der Waals surface area contributed by atoms with Gasteiger partial charge in [-0.15, -0.1) is 11.3 Å². The van der Waals surface area contributed by atoms with Crippen LogP contribution in [0.1, 0.15) is 16.1 Å². The highest BCUT2D eigenvalue weighted by Crippen LogP contribution is 2.44. The first kappa shape index (κ1) is 26.3. The van der Waals surface area contributed by atoms with Gasteiger partial charge in [-0.2, -0.15) is 0 Å². The van der Waals surface area contributed by atoms with E-state index in [1.54, 1.807) is 7.11 Å². The van der Waals surface area contributed by atoms with E-state index < -0.39 is 5.91 Å². The van der Waals surface area contributed by atoms with Gasteiger partial charge in [0.2, 0.25) is 0 Å². The summed E-state index contributed by atoms with van der Waals surface area (Å²) in [7, 11) is 1.66. The van der Waals surface area contributed by atoms with Crippen LogP contribution in [0.15, 0.2) is 72.2 Å². The lowest BCUT2D eigenvalue weighted by molar-refractivity contribution is 0.0357. The molecule has 6 rings (SSSR count). The first-order valence-corrected chi connectivity index (χ1v) is 14.3. The highest BCUT2D eigenvalue weighted by atomic mass is 32.1. The molecular weight excluding hydrogens is 522 g/mol. The summed E-state index contributed by atoms with van der Waals surface area (Å²) in [5.74, 6) is 0.901. The predicted molar refractivity (Wildman–Crippen MR) is 160 cm³/mol. The fourth-order valence-corrected chi connectivity index (χ4v) is 6.20. The number of carbonyl (C=O) groups excluding carboxylic acids is 1. The van der Waals surface area contributed by atoms with Crippen molar-refractivity contribution in [1.29, 1.82) is 0 Å². The molecule has 0 spiro atoms. The maximum Gasteiger partial charge on any atom is 0.259 e. The lowest BCUT2D eigenvalue weighted by Crippen LogP contribution is -2.37. The summed E-state index contributed by atoms with van der Waals surface area (Å²) in [5.41, 5.74) is 10.4. The van der Waals surface area contributed by atoms with Crippen molar-refractivity contribution in [2.24, 2.45) is 5.73 Å². The van der Waals surface area contributed by atoms with Crippen LogP contribution in [0.5, 0.6) is 11.5 Å². The molecule has 0 radical (unpaired) electrons. The van der Waals surface area contributed by atoms with Crippen molar-refractivity contribution in [2.45, 2.75) is 6.42 Å². The maximum absolute atomic E-state index is 12.3. The van der Waals surface area contributed by atoms with E-state index in [0.717, 1.165) is 83.2 Å². The van der Waals surface area contributed by atoms with Crippen LogP contribution in [0.4, 0.5) is 0 Å². The molecule has 3 heterocycles. The van der Waals surface area contributed by atoms with Gasteiger partial charge in [0.15, 0.2) is 11.5 Å². The molecule has 2 aromatic heterocycles. The summed E-state index contributed by atoms with van der Waals surface area (Å²) in [6.07, 6.45) is 2.73. The van der Waals surface area contributed by atoms with Crippen LogP contribution in [-0.4, -0.2) is 62.4 Å². The molecule has 1 aliphatic heterocycles. The summed E-state index contributed by atoms with van der Waals surface area (Å²) in [6, 6.07) is 20.4. The number of rotatable bonds is 9. The third kappa shape index (κ3) is 5.13. The molecule has 1 fully saturated rings. The molecule has 204 valence electrons. The SMILES string of the molecule is COc1cc2c(-c3c(-c4ccsc4C(N)=O)ccc4ccccc34)ccnc2cc1OCCCN1CCOCC1. The van der Waals surface area contributed by atoms with E-state index >= 15 is 0 Å². The minimum absolute atomic E-state index is 0.430. The van der Waals surface area contributed by atoms with E-state index in [0.29, 0.717) is 23.0 Å². The Morgan fingerprint density at radius 2 is 1.85 bits per heavy atom. The van der Waals surface area contributed by atoms with Gasteiger partial charge in [-0.05, 0) is 57.5 Å². The molecule has 5 aromatic rings. The molecule has 0 bridgehead atoms. The van der Waals surface area contributed by atoms with Crippen LogP contribution in [0.2, 0.25) is 0 Å². The Balaban J connectivity index is 1.42. The average molecular weight is 554 g/mol. The van der Waals surface area contributed by atoms with Crippen LogP contribution in [0.25, 0.3) is 43.9 Å². The van der Waals surface area contributed by atoms with Gasteiger partial charge < -0.3 is 19.9 Å². The lowest BCUT2D eigenvalue weighted by atomic mass is 9.88. The van der Waals surface area contributed by atoms with E-state index in [2.05, 4.69) is 29.2 Å². The van der Waals surface area contributed by atoms with Gasteiger partial charge in [0, 0.05) is 42.8 Å². The lowest BCUT2D eigenvalue weighted by Gasteiger charge is -2.26. The topological polar surface area (TPSA) is 86.9 Å². The molecule has 0 unspecified atom stereocenters. The molecule has 0 saturated carbocycles. The van der Waals surface area contributed by atoms with Crippen molar-refractivity contribution in [3.8, 4) is 33.8 Å². The van der Waals surface area contributed by atoms with Crippen molar-refractivity contribution >= 4 is 38.9 Å². The fraction of sp³-hybridized carbons (Fsp3) is 0.250. The number of nitrogens with two attached hydrogens (primary N) is 1. The molecular formula is C32H31N3O4S. The molecule has 1 aliphatic rings. The van der Waals surface area contributed by atoms with Crippen molar-refractivity contribution in [2.75, 3.05) is 46.6 Å². The second-order valence-corrected chi connectivity index (χ2v) is 10.7. The van der Waals surface area contributed by atoms with Crippen molar-refractivity contribution in [3.05, 3.63) is 77.1 Å². The monoisotopic (exact) mass is 553 g/mol. The maximum atomic E-state index is 12.3. The molecule has 8 heteroatoms. The summed E-state index contributed by atoms with van der Waals surface area (Å²) < 4.78 is 17.4. The number of thiophene rings is 1. The van der Waals surface area contributed by atoms with Gasteiger partial charge in [-0.3, -0.25) is 14.7 Å². The number of primary amides is 1. The van der Waals surface area contributed by atoms with Gasteiger partial charge in [0.1, 0.15) is 0 Å². The molecule has 0 aliphatic carbocycles. The largest absolute Gasteiger partial charge is 0.493 e. The number of benzene rings is 3. The number of amides is 1. The Kier molecular flexibility index (Phi) is 7.64. The second-order valence-electron chi connectivity index (χ2n) is 9.77. The third-order valence-electron chi connectivity index (χ3n) is 7.38. The number of fused-ring (bicyclic) bond motifs is 2. The minimum Gasteiger partial charge on any atom is -0.493 e. The fourth-order valence-electron chi connectivity index (χ4n) is 5.44. The molecule has 7 nitrogen and oxygen atoms in total. The summed E-state index contributed by atoms with van der Waals surface area (Å²) in [6.45, 7) is 5.08. The van der Waals surface area contributed by atoms with E-state index in [1.807, 2.05) is 48.0 Å². The Labute approximate surface area is 237 Å². The van der Waals surface area contributed by atoms with Crippen LogP contribution in [-0.2, 0) is 4.74 Å². The first-order valence-electron chi connectivity index (χ1n) is 13.4. The average Bonchev–Trinajstić information content (AvgIpc) is 3.49. The summed E-state index contributed by atoms with van der Waals surface area (Å²) in [4.78, 5) is 19.9. The Bertz CT molecular complexity index is 1680. The van der Waals surface area contributed by atoms with E-state index in [-0.39, 0.29) is 0 Å². The Hall–Kier alpha value is -3.98. The summed E-state index contributed by atoms with van der Waals surface area (Å²) in [5, 5.41) is 5.03. The van der Waals surface area contributed by atoms with Gasteiger partial charge in [-0.1, -0.05) is 36.4 Å². The van der Waals surface area contributed by atoms with Crippen LogP contribution in [0, 0.1) is 0 Å². The van der Waals surface area contributed by atoms with Gasteiger partial charge in [-0.25, -0.2) is 0 Å². The van der Waals surface area contributed by atoms with E-state index in [1.165, 1.54) is 11.3 Å². The quantitative estimate of drug-likeness (QED) is 0.226. The van der Waals surface area contributed by atoms with Crippen molar-refractivity contribution < 1.29 is 19.0 Å². The number of aromatic nitrogens is 1. The Morgan fingerprint density at radius 1 is 1.00 bits per heavy atom. The zero-order valence-electron chi connectivity index (χ0n) is 22.4. The van der Waals surface area contributed by atoms with Gasteiger partial charge in [0.25, 0.3) is 5.91 Å². The summed E-state index contributed by atoms with van der Waals surface area (Å²) >= 11 is 1.36. The highest BCUT2D eigenvalue weighted by Gasteiger charge is 2.20. The number of nitrogens with zero attached hydrogens (tertiary/aromatic N) is 2. The Morgan fingerprint density at radius 3 is 2.67 bits per heavy atom. The van der Waals surface area contributed by atoms with Crippen LogP contribution < -0.4 is 15.2 Å². The zero-order valence-corrected chi connectivity index (χ0v) is 23.2. The number of morpholine rings is 1. The highest BCUT2D eigenvalue weighted by molar-refractivity contribution is 7.12. The van der Waals surface area contributed by atoms with Crippen LogP contribution >= 0.6 is 11.3 Å². The van der Waals surface area contributed by atoms with E-state index in [4.69, 9.17) is 24.9 Å². The predicted octanol–water partition coefficient (Wildman–Crippen LogP) is 5.99.